The number of hydrogen-bond acceptors (Lipinski definition) is 4. The van der Waals surface area contributed by atoms with Crippen LogP contribution in [0.25, 0.3) is 0 Å². The molecule has 0 saturated heterocycles. The lowest BCUT2D eigenvalue weighted by molar-refractivity contribution is -0.168. The van der Waals surface area contributed by atoms with E-state index < -0.39 is 17.8 Å². The fourth-order valence-corrected chi connectivity index (χ4v) is 3.33. The Labute approximate surface area is 159 Å². The number of benzene rings is 1. The number of unbranched alkanes of at least 4 members (excludes halogenated alkanes) is 1. The largest absolute Gasteiger partial charge is 0.333 e. The highest BCUT2D eigenvalue weighted by molar-refractivity contribution is 9.09. The Morgan fingerprint density at radius 2 is 1.39 bits per heavy atom. The molecule has 1 aromatic rings. The average molecular weight is 464 g/mol. The van der Waals surface area contributed by atoms with Crippen LogP contribution in [0.5, 0.6) is 0 Å². The summed E-state index contributed by atoms with van der Waals surface area (Å²) >= 11 is 26.9. The van der Waals surface area contributed by atoms with E-state index in [2.05, 4.69) is 15.9 Å². The summed E-state index contributed by atoms with van der Waals surface area (Å²) in [6.07, 6.45) is 1.36. The van der Waals surface area contributed by atoms with Gasteiger partial charge in [-0.25, -0.2) is 4.79 Å². The van der Waals surface area contributed by atoms with Crippen LogP contribution in [0.15, 0.2) is 0 Å². The van der Waals surface area contributed by atoms with E-state index >= 15 is 0 Å². The number of hydroxylamine groups is 2. The predicted molar refractivity (Wildman–Crippen MR) is 90.7 cm³/mol. The molecule has 124 valence electrons. The average Bonchev–Trinajstić information content (AvgIpc) is 2.76. The van der Waals surface area contributed by atoms with Gasteiger partial charge in [-0.1, -0.05) is 67.4 Å². The highest BCUT2D eigenvalue weighted by atomic mass is 79.9. The van der Waals surface area contributed by atoms with Crippen molar-refractivity contribution in [2.24, 2.45) is 0 Å². The molecule has 2 amide bonds. The van der Waals surface area contributed by atoms with E-state index in [1.165, 1.54) is 0 Å². The highest BCUT2D eigenvalue weighted by Crippen LogP contribution is 2.44. The highest BCUT2D eigenvalue weighted by Gasteiger charge is 2.44. The molecule has 0 spiro atoms. The van der Waals surface area contributed by atoms with Crippen molar-refractivity contribution in [1.29, 1.82) is 0 Å². The summed E-state index contributed by atoms with van der Waals surface area (Å²) in [7, 11) is 0. The fourth-order valence-electron chi connectivity index (χ4n) is 1.92. The molecule has 0 saturated carbocycles. The topological polar surface area (TPSA) is 63.7 Å². The van der Waals surface area contributed by atoms with Gasteiger partial charge >= 0.3 is 5.97 Å². The van der Waals surface area contributed by atoms with Crippen LogP contribution in [0.1, 0.15) is 40.0 Å². The van der Waals surface area contributed by atoms with Gasteiger partial charge in [0.1, 0.15) is 0 Å². The molecule has 1 aromatic carbocycles. The van der Waals surface area contributed by atoms with Crippen molar-refractivity contribution in [3.63, 3.8) is 0 Å². The first-order valence-electron chi connectivity index (χ1n) is 6.32. The number of fused-ring (bicyclic) bond motifs is 1. The number of carbonyl (C=O) groups excluding carboxylic acids is 3. The van der Waals surface area contributed by atoms with Crippen LogP contribution in [-0.2, 0) is 9.63 Å². The molecule has 1 heterocycles. The Hall–Kier alpha value is -0.530. The third-order valence-electron chi connectivity index (χ3n) is 3.02. The number of amides is 2. The summed E-state index contributed by atoms with van der Waals surface area (Å²) in [6.45, 7) is 0. The second-order valence-electron chi connectivity index (χ2n) is 4.52. The van der Waals surface area contributed by atoms with Crippen LogP contribution in [-0.4, -0.2) is 28.2 Å². The summed E-state index contributed by atoms with van der Waals surface area (Å²) in [6, 6.07) is 0. The van der Waals surface area contributed by atoms with Crippen molar-refractivity contribution in [3.05, 3.63) is 31.2 Å². The second kappa shape index (κ2) is 7.57. The van der Waals surface area contributed by atoms with E-state index in [-0.39, 0.29) is 37.6 Å². The van der Waals surface area contributed by atoms with Crippen LogP contribution >= 0.6 is 62.3 Å². The number of hydrogen-bond donors (Lipinski definition) is 0. The summed E-state index contributed by atoms with van der Waals surface area (Å²) in [5.74, 6) is -2.54. The molecule has 0 fully saturated rings. The van der Waals surface area contributed by atoms with Gasteiger partial charge in [-0.15, -0.1) is 0 Å². The number of rotatable bonds is 5. The molecule has 0 N–H and O–H groups in total. The SMILES string of the molecule is O=C(CCCCBr)ON1C(=O)c2c(Cl)c(Cl)c(Cl)c(Cl)c2C1=O. The molecule has 2 rings (SSSR count). The number of alkyl halides is 1. The maximum Gasteiger partial charge on any atom is 0.333 e. The molecule has 0 radical (unpaired) electrons. The Morgan fingerprint density at radius 3 is 1.83 bits per heavy atom. The molecule has 0 aliphatic carbocycles. The molecule has 0 bridgehead atoms. The molecule has 0 aromatic heterocycles. The Kier molecular flexibility index (Phi) is 6.19. The maximum atomic E-state index is 12.3. The predicted octanol–water partition coefficient (Wildman–Crippen LogP) is 4.92. The summed E-state index contributed by atoms with van der Waals surface area (Å²) in [5.41, 5.74) is -0.464. The van der Waals surface area contributed by atoms with Gasteiger partial charge in [0.2, 0.25) is 0 Å². The van der Waals surface area contributed by atoms with Gasteiger partial charge in [0.25, 0.3) is 11.8 Å². The quantitative estimate of drug-likeness (QED) is 0.204. The van der Waals surface area contributed by atoms with E-state index in [4.69, 9.17) is 51.2 Å². The molecule has 0 unspecified atom stereocenters. The smallest absolute Gasteiger partial charge is 0.330 e. The summed E-state index contributed by atoms with van der Waals surface area (Å²) in [5, 5.41) is 0.327. The van der Waals surface area contributed by atoms with Gasteiger partial charge in [-0.3, -0.25) is 9.59 Å². The van der Waals surface area contributed by atoms with Crippen molar-refractivity contribution in [3.8, 4) is 0 Å². The van der Waals surface area contributed by atoms with Gasteiger partial charge in [-0.2, -0.15) is 0 Å². The Balaban J connectivity index is 2.30. The lowest BCUT2D eigenvalue weighted by Gasteiger charge is -2.12. The number of nitrogens with zero attached hydrogens (tertiary/aromatic N) is 1. The van der Waals surface area contributed by atoms with Crippen molar-refractivity contribution in [1.82, 2.24) is 5.06 Å². The second-order valence-corrected chi connectivity index (χ2v) is 6.82. The number of halogens is 5. The Bertz CT molecular complexity index is 663. The van der Waals surface area contributed by atoms with Crippen molar-refractivity contribution in [2.75, 3.05) is 5.33 Å². The zero-order chi connectivity index (χ0) is 17.3. The molecule has 1 aliphatic rings. The van der Waals surface area contributed by atoms with Crippen molar-refractivity contribution >= 4 is 80.1 Å². The third-order valence-corrected chi connectivity index (χ3v) is 5.38. The first-order valence-corrected chi connectivity index (χ1v) is 8.96. The van der Waals surface area contributed by atoms with Crippen LogP contribution < -0.4 is 0 Å². The molecular formula is C13H8BrCl4NO4. The minimum absolute atomic E-state index is 0.0575. The molecule has 1 aliphatic heterocycles. The van der Waals surface area contributed by atoms with E-state index in [0.29, 0.717) is 11.5 Å². The molecular weight excluding hydrogens is 456 g/mol. The van der Waals surface area contributed by atoms with E-state index in [0.717, 1.165) is 11.8 Å². The van der Waals surface area contributed by atoms with Crippen LogP contribution in [0.3, 0.4) is 0 Å². The lowest BCUT2D eigenvalue weighted by atomic mass is 10.1. The normalized spacial score (nSPS) is 13.5. The molecule has 10 heteroatoms. The van der Waals surface area contributed by atoms with Gasteiger partial charge in [0, 0.05) is 11.8 Å². The minimum Gasteiger partial charge on any atom is -0.330 e. The monoisotopic (exact) mass is 461 g/mol. The fraction of sp³-hybridized carbons (Fsp3) is 0.308. The minimum atomic E-state index is -0.913. The number of imide groups is 1. The summed E-state index contributed by atoms with van der Waals surface area (Å²) < 4.78 is 0. The standard InChI is InChI=1S/C13H8BrCl4NO4/c14-4-2-1-3-5(20)23-19-12(21)6-7(13(19)22)9(16)11(18)10(17)8(6)15/h1-4H2. The van der Waals surface area contributed by atoms with Gasteiger partial charge < -0.3 is 4.84 Å². The molecule has 23 heavy (non-hydrogen) atoms. The zero-order valence-corrected chi connectivity index (χ0v) is 15.9. The zero-order valence-electron chi connectivity index (χ0n) is 11.3. The first-order chi connectivity index (χ1) is 10.8. The van der Waals surface area contributed by atoms with E-state index in [9.17, 15) is 14.4 Å². The molecule has 0 atom stereocenters. The number of carbonyl (C=O) groups is 3. The Morgan fingerprint density at radius 1 is 0.913 bits per heavy atom. The van der Waals surface area contributed by atoms with Crippen LogP contribution in [0.4, 0.5) is 0 Å². The maximum absolute atomic E-state index is 12.3. The van der Waals surface area contributed by atoms with Gasteiger partial charge in [0.15, 0.2) is 0 Å². The molecule has 5 nitrogen and oxygen atoms in total. The van der Waals surface area contributed by atoms with E-state index in [1.54, 1.807) is 0 Å². The van der Waals surface area contributed by atoms with Crippen molar-refractivity contribution < 1.29 is 19.2 Å². The first kappa shape index (κ1) is 18.8. The summed E-state index contributed by atoms with van der Waals surface area (Å²) in [4.78, 5) is 41.1. The van der Waals surface area contributed by atoms with Gasteiger partial charge in [-0.05, 0) is 12.8 Å². The lowest BCUT2D eigenvalue weighted by Crippen LogP contribution is -2.32. The van der Waals surface area contributed by atoms with Crippen LogP contribution in [0.2, 0.25) is 20.1 Å². The van der Waals surface area contributed by atoms with Crippen molar-refractivity contribution in [2.45, 2.75) is 19.3 Å². The van der Waals surface area contributed by atoms with E-state index in [1.807, 2.05) is 0 Å². The van der Waals surface area contributed by atoms with Gasteiger partial charge in [0.05, 0.1) is 31.2 Å². The van der Waals surface area contributed by atoms with Crippen LogP contribution in [0, 0.1) is 0 Å². The third kappa shape index (κ3) is 3.46.